The third-order valence-electron chi connectivity index (χ3n) is 4.36. The number of likely N-dealkylation sites (tertiary alicyclic amines) is 1. The Morgan fingerprint density at radius 2 is 2.10 bits per heavy atom. The van der Waals surface area contributed by atoms with Crippen LogP contribution in [-0.4, -0.2) is 28.0 Å². The third kappa shape index (κ3) is 3.06. The zero-order valence-corrected chi connectivity index (χ0v) is 12.9. The molecule has 1 fully saturated rings. The number of carbonyl (C=O) groups is 1. The summed E-state index contributed by atoms with van der Waals surface area (Å²) < 4.78 is 2.12. The molecular formula is C16H27N3O. The molecule has 2 N–H and O–H groups in total. The molecule has 2 atom stereocenters. The molecule has 2 rings (SSSR count). The van der Waals surface area contributed by atoms with Crippen LogP contribution in [-0.2, 0) is 11.8 Å². The number of amides is 1. The number of aromatic nitrogens is 1. The Morgan fingerprint density at radius 1 is 1.35 bits per heavy atom. The van der Waals surface area contributed by atoms with E-state index in [1.165, 1.54) is 18.5 Å². The number of nitrogens with two attached hydrogens (primary N) is 1. The minimum Gasteiger partial charge on any atom is -0.353 e. The van der Waals surface area contributed by atoms with E-state index in [2.05, 4.69) is 10.6 Å². The second kappa shape index (κ2) is 6.44. The summed E-state index contributed by atoms with van der Waals surface area (Å²) in [6, 6.07) is 3.95. The summed E-state index contributed by atoms with van der Waals surface area (Å²) in [5.74, 6) is 0.285. The molecule has 0 aliphatic carbocycles. The summed E-state index contributed by atoms with van der Waals surface area (Å²) in [7, 11) is 2.05. The fourth-order valence-electron chi connectivity index (χ4n) is 2.98. The zero-order valence-electron chi connectivity index (χ0n) is 12.9. The second-order valence-electron chi connectivity index (χ2n) is 6.21. The van der Waals surface area contributed by atoms with Crippen LogP contribution >= 0.6 is 0 Å². The molecule has 0 bridgehead atoms. The summed E-state index contributed by atoms with van der Waals surface area (Å²) in [4.78, 5) is 14.7. The highest BCUT2D eigenvalue weighted by Gasteiger charge is 2.31. The SMILES string of the molecule is CC(C)[C@H](N)C(=O)N1CCCCCC1c1cccn1C. The largest absolute Gasteiger partial charge is 0.353 e. The number of hydrogen-bond acceptors (Lipinski definition) is 2. The minimum absolute atomic E-state index is 0.105. The molecule has 0 aromatic carbocycles. The lowest BCUT2D eigenvalue weighted by atomic mass is 10.0. The van der Waals surface area contributed by atoms with E-state index in [-0.39, 0.29) is 17.9 Å². The highest BCUT2D eigenvalue weighted by atomic mass is 16.2. The van der Waals surface area contributed by atoms with Crippen molar-refractivity contribution >= 4 is 5.91 Å². The standard InChI is InChI=1S/C16H27N3O/c1-12(2)15(17)16(20)19-11-6-4-5-8-14(19)13-9-7-10-18(13)3/h7,9-10,12,14-15H,4-6,8,11,17H2,1-3H3/t14?,15-/m0/s1. The highest BCUT2D eigenvalue weighted by Crippen LogP contribution is 2.31. The smallest absolute Gasteiger partial charge is 0.240 e. The van der Waals surface area contributed by atoms with Gasteiger partial charge in [-0.25, -0.2) is 0 Å². The van der Waals surface area contributed by atoms with Crippen LogP contribution < -0.4 is 5.73 Å². The predicted molar refractivity (Wildman–Crippen MR) is 81.1 cm³/mol. The van der Waals surface area contributed by atoms with E-state index in [0.717, 1.165) is 19.4 Å². The molecule has 2 heterocycles. The monoisotopic (exact) mass is 277 g/mol. The van der Waals surface area contributed by atoms with Crippen molar-refractivity contribution in [1.29, 1.82) is 0 Å². The lowest BCUT2D eigenvalue weighted by Crippen LogP contribution is -2.48. The normalized spacial score (nSPS) is 21.9. The Morgan fingerprint density at radius 3 is 2.70 bits per heavy atom. The van der Waals surface area contributed by atoms with Gasteiger partial charge in [-0.2, -0.15) is 0 Å². The Kier molecular flexibility index (Phi) is 4.86. The van der Waals surface area contributed by atoms with Crippen LogP contribution in [0.2, 0.25) is 0 Å². The van der Waals surface area contributed by atoms with Gasteiger partial charge >= 0.3 is 0 Å². The van der Waals surface area contributed by atoms with E-state index in [9.17, 15) is 4.79 Å². The maximum atomic E-state index is 12.7. The topological polar surface area (TPSA) is 51.3 Å². The zero-order chi connectivity index (χ0) is 14.7. The van der Waals surface area contributed by atoms with Crippen molar-refractivity contribution < 1.29 is 4.79 Å². The van der Waals surface area contributed by atoms with Crippen molar-refractivity contribution in [2.45, 2.75) is 51.6 Å². The minimum atomic E-state index is -0.393. The average molecular weight is 277 g/mol. The van der Waals surface area contributed by atoms with Gasteiger partial charge in [0, 0.05) is 25.5 Å². The summed E-state index contributed by atoms with van der Waals surface area (Å²) in [6.45, 7) is 4.85. The number of nitrogens with zero attached hydrogens (tertiary/aromatic N) is 2. The first kappa shape index (κ1) is 15.1. The first-order valence-electron chi connectivity index (χ1n) is 7.69. The van der Waals surface area contributed by atoms with Crippen LogP contribution in [0.25, 0.3) is 0 Å². The van der Waals surface area contributed by atoms with E-state index in [4.69, 9.17) is 5.73 Å². The summed E-state index contributed by atoms with van der Waals surface area (Å²) >= 11 is 0. The van der Waals surface area contributed by atoms with E-state index >= 15 is 0 Å². The lowest BCUT2D eigenvalue weighted by molar-refractivity contribution is -0.136. The molecule has 1 aromatic heterocycles. The molecule has 0 saturated carbocycles. The molecule has 1 aliphatic rings. The summed E-state index contributed by atoms with van der Waals surface area (Å²) in [6.07, 6.45) is 6.54. The van der Waals surface area contributed by atoms with Crippen molar-refractivity contribution in [2.24, 2.45) is 18.7 Å². The van der Waals surface area contributed by atoms with Gasteiger partial charge in [0.25, 0.3) is 0 Å². The van der Waals surface area contributed by atoms with Crippen LogP contribution in [0.15, 0.2) is 18.3 Å². The lowest BCUT2D eigenvalue weighted by Gasteiger charge is -2.33. The second-order valence-corrected chi connectivity index (χ2v) is 6.21. The van der Waals surface area contributed by atoms with Crippen LogP contribution in [0.4, 0.5) is 0 Å². The maximum absolute atomic E-state index is 12.7. The van der Waals surface area contributed by atoms with Gasteiger partial charge in [-0.3, -0.25) is 4.79 Å². The summed E-state index contributed by atoms with van der Waals surface area (Å²) in [5.41, 5.74) is 7.32. The van der Waals surface area contributed by atoms with Gasteiger partial charge in [0.05, 0.1) is 12.1 Å². The molecule has 4 nitrogen and oxygen atoms in total. The molecule has 0 spiro atoms. The average Bonchev–Trinajstić information content (AvgIpc) is 2.70. The first-order valence-corrected chi connectivity index (χ1v) is 7.69. The molecular weight excluding hydrogens is 250 g/mol. The Balaban J connectivity index is 2.26. The Bertz CT molecular complexity index is 452. The van der Waals surface area contributed by atoms with Crippen molar-refractivity contribution in [3.63, 3.8) is 0 Å². The van der Waals surface area contributed by atoms with Gasteiger partial charge in [0.15, 0.2) is 0 Å². The number of carbonyl (C=O) groups excluding carboxylic acids is 1. The van der Waals surface area contributed by atoms with Gasteiger partial charge in [0.1, 0.15) is 0 Å². The summed E-state index contributed by atoms with van der Waals surface area (Å²) in [5, 5.41) is 0. The molecule has 4 heteroatoms. The van der Waals surface area contributed by atoms with Crippen LogP contribution in [0.3, 0.4) is 0 Å². The first-order chi connectivity index (χ1) is 9.52. The Hall–Kier alpha value is -1.29. The van der Waals surface area contributed by atoms with E-state index in [1.54, 1.807) is 0 Å². The van der Waals surface area contributed by atoms with E-state index in [0.29, 0.717) is 0 Å². The van der Waals surface area contributed by atoms with Gasteiger partial charge in [-0.1, -0.05) is 26.7 Å². The van der Waals surface area contributed by atoms with Gasteiger partial charge < -0.3 is 15.2 Å². The van der Waals surface area contributed by atoms with Crippen molar-refractivity contribution in [1.82, 2.24) is 9.47 Å². The number of rotatable bonds is 3. The predicted octanol–water partition coefficient (Wildman–Crippen LogP) is 2.45. The Labute approximate surface area is 121 Å². The molecule has 1 aromatic rings. The van der Waals surface area contributed by atoms with E-state index < -0.39 is 6.04 Å². The van der Waals surface area contributed by atoms with Crippen molar-refractivity contribution in [2.75, 3.05) is 6.54 Å². The van der Waals surface area contributed by atoms with Crippen LogP contribution in [0, 0.1) is 5.92 Å². The fourth-order valence-corrected chi connectivity index (χ4v) is 2.98. The van der Waals surface area contributed by atoms with E-state index in [1.807, 2.05) is 38.1 Å². The molecule has 1 aliphatic heterocycles. The molecule has 1 unspecified atom stereocenters. The van der Waals surface area contributed by atoms with Gasteiger partial charge in [0.2, 0.25) is 5.91 Å². The van der Waals surface area contributed by atoms with Crippen molar-refractivity contribution in [3.8, 4) is 0 Å². The fraction of sp³-hybridized carbons (Fsp3) is 0.688. The van der Waals surface area contributed by atoms with Gasteiger partial charge in [-0.15, -0.1) is 0 Å². The number of aryl methyl sites for hydroxylation is 1. The molecule has 0 radical (unpaired) electrons. The number of hydrogen-bond donors (Lipinski definition) is 1. The molecule has 20 heavy (non-hydrogen) atoms. The third-order valence-corrected chi connectivity index (χ3v) is 4.36. The highest BCUT2D eigenvalue weighted by molar-refractivity contribution is 5.82. The van der Waals surface area contributed by atoms with Crippen LogP contribution in [0.5, 0.6) is 0 Å². The van der Waals surface area contributed by atoms with Crippen LogP contribution in [0.1, 0.15) is 51.3 Å². The van der Waals surface area contributed by atoms with Crippen molar-refractivity contribution in [3.05, 3.63) is 24.0 Å². The van der Waals surface area contributed by atoms with Gasteiger partial charge in [-0.05, 0) is 30.9 Å². The molecule has 1 saturated heterocycles. The maximum Gasteiger partial charge on any atom is 0.240 e. The molecule has 112 valence electrons. The molecule has 1 amide bonds. The quantitative estimate of drug-likeness (QED) is 0.922.